The number of nitrogens with zero attached hydrogens (tertiary/aromatic N) is 1. The van der Waals surface area contributed by atoms with Crippen LogP contribution in [-0.4, -0.2) is 47.9 Å². The Labute approximate surface area is 238 Å². The van der Waals surface area contributed by atoms with Gasteiger partial charge in [-0.2, -0.15) is 13.2 Å². The summed E-state index contributed by atoms with van der Waals surface area (Å²) in [6.07, 6.45) is -5.42. The minimum absolute atomic E-state index is 0.0644. The van der Waals surface area contributed by atoms with Gasteiger partial charge in [0.05, 0.1) is 37.7 Å². The van der Waals surface area contributed by atoms with Gasteiger partial charge in [0.15, 0.2) is 0 Å². The molecule has 4 aromatic rings. The predicted molar refractivity (Wildman–Crippen MR) is 147 cm³/mol. The highest BCUT2D eigenvalue weighted by atomic mass is 19.4. The van der Waals surface area contributed by atoms with Crippen LogP contribution in [0.2, 0.25) is 0 Å². The number of carbonyl (C=O) groups excluding carboxylic acids is 1. The van der Waals surface area contributed by atoms with Crippen LogP contribution in [0, 0.1) is 12.7 Å². The standard InChI is InChI=1S/C30H30F5N3O4/c1-6-28(3,32)21-14-25(38-26(16(21)2)17-7-9-18(31)10-8-17)29(40,30(33,34)35)15-36-27(39)23-13-20-22(37-23)11-19(41-4)12-24(20)42-5/h7-14,37,40H,6,15H2,1-5H3,(H,36,39)/t28-,29+/m1/s1. The van der Waals surface area contributed by atoms with E-state index in [9.17, 15) is 27.5 Å². The SMILES string of the molecule is CC[C@@](C)(F)c1cc([C@@](O)(CNC(=O)c2cc3c(OC)cc(OC)cc3[nH]2)C(F)(F)F)nc(-c2ccc(F)cc2)c1C. The number of aliphatic hydroxyl groups is 1. The molecule has 0 aliphatic rings. The quantitative estimate of drug-likeness (QED) is 0.194. The molecule has 224 valence electrons. The average Bonchev–Trinajstić information content (AvgIpc) is 3.39. The van der Waals surface area contributed by atoms with E-state index in [-0.39, 0.29) is 34.5 Å². The second kappa shape index (κ2) is 11.2. The number of rotatable bonds is 9. The van der Waals surface area contributed by atoms with Gasteiger partial charge < -0.3 is 24.9 Å². The molecule has 0 spiro atoms. The summed E-state index contributed by atoms with van der Waals surface area (Å²) in [5.41, 5.74) is -6.13. The second-order valence-electron chi connectivity index (χ2n) is 10.1. The first-order chi connectivity index (χ1) is 19.6. The molecule has 0 unspecified atom stereocenters. The number of carbonyl (C=O) groups is 1. The number of aromatic nitrogens is 2. The monoisotopic (exact) mass is 591 g/mol. The summed E-state index contributed by atoms with van der Waals surface area (Å²) in [7, 11) is 2.85. The summed E-state index contributed by atoms with van der Waals surface area (Å²) in [5.74, 6) is -0.754. The van der Waals surface area contributed by atoms with Crippen molar-refractivity contribution >= 4 is 16.8 Å². The van der Waals surface area contributed by atoms with E-state index in [0.29, 0.717) is 22.4 Å². The van der Waals surface area contributed by atoms with Gasteiger partial charge in [0.2, 0.25) is 5.60 Å². The highest BCUT2D eigenvalue weighted by Crippen LogP contribution is 2.43. The van der Waals surface area contributed by atoms with Crippen molar-refractivity contribution in [1.82, 2.24) is 15.3 Å². The number of halogens is 5. The Bertz CT molecular complexity index is 1620. The average molecular weight is 592 g/mol. The molecule has 4 rings (SSSR count). The molecule has 0 saturated heterocycles. The van der Waals surface area contributed by atoms with Crippen LogP contribution >= 0.6 is 0 Å². The summed E-state index contributed by atoms with van der Waals surface area (Å²) >= 11 is 0. The number of alkyl halides is 4. The molecule has 0 aliphatic heterocycles. The van der Waals surface area contributed by atoms with Crippen LogP contribution in [0.5, 0.6) is 11.5 Å². The first-order valence-electron chi connectivity index (χ1n) is 12.9. The Hall–Kier alpha value is -4.19. The molecule has 7 nitrogen and oxygen atoms in total. The summed E-state index contributed by atoms with van der Waals surface area (Å²) in [6, 6.07) is 10.2. The molecular formula is C30H30F5N3O4. The lowest BCUT2D eigenvalue weighted by molar-refractivity contribution is -0.265. The molecular weight excluding hydrogens is 561 g/mol. The van der Waals surface area contributed by atoms with Gasteiger partial charge in [-0.15, -0.1) is 0 Å². The third-order valence-electron chi connectivity index (χ3n) is 7.39. The van der Waals surface area contributed by atoms with Gasteiger partial charge in [0.1, 0.15) is 28.7 Å². The molecule has 3 N–H and O–H groups in total. The van der Waals surface area contributed by atoms with Crippen LogP contribution in [0.4, 0.5) is 22.0 Å². The molecule has 42 heavy (non-hydrogen) atoms. The van der Waals surface area contributed by atoms with Crippen molar-refractivity contribution in [2.24, 2.45) is 0 Å². The Morgan fingerprint density at radius 1 is 1.05 bits per heavy atom. The lowest BCUT2D eigenvalue weighted by Gasteiger charge is -2.32. The molecule has 2 heterocycles. The van der Waals surface area contributed by atoms with Gasteiger partial charge in [-0.1, -0.05) is 6.92 Å². The minimum atomic E-state index is -5.34. The minimum Gasteiger partial charge on any atom is -0.497 e. The summed E-state index contributed by atoms with van der Waals surface area (Å²) < 4.78 is 83.4. The largest absolute Gasteiger partial charge is 0.497 e. The van der Waals surface area contributed by atoms with Gasteiger partial charge in [-0.05, 0) is 67.8 Å². The van der Waals surface area contributed by atoms with Gasteiger partial charge in [0, 0.05) is 23.1 Å². The molecule has 0 fully saturated rings. The van der Waals surface area contributed by atoms with Gasteiger partial charge >= 0.3 is 6.18 Å². The maximum absolute atomic E-state index is 15.6. The summed E-state index contributed by atoms with van der Waals surface area (Å²) in [4.78, 5) is 19.9. The smallest absolute Gasteiger partial charge is 0.424 e. The van der Waals surface area contributed by atoms with E-state index >= 15 is 4.39 Å². The van der Waals surface area contributed by atoms with Crippen LogP contribution in [0.3, 0.4) is 0 Å². The number of hydrogen-bond donors (Lipinski definition) is 3. The van der Waals surface area contributed by atoms with Crippen LogP contribution in [0.25, 0.3) is 22.2 Å². The molecule has 0 bridgehead atoms. The third kappa shape index (κ3) is 5.63. The highest BCUT2D eigenvalue weighted by Gasteiger charge is 2.57. The number of hydrogen-bond acceptors (Lipinski definition) is 5. The highest BCUT2D eigenvalue weighted by molar-refractivity contribution is 6.00. The van der Waals surface area contributed by atoms with E-state index in [1.807, 2.05) is 0 Å². The second-order valence-corrected chi connectivity index (χ2v) is 10.1. The van der Waals surface area contributed by atoms with Crippen LogP contribution in [0.1, 0.15) is 47.6 Å². The third-order valence-corrected chi connectivity index (χ3v) is 7.39. The van der Waals surface area contributed by atoms with Crippen molar-refractivity contribution in [3.8, 4) is 22.8 Å². The van der Waals surface area contributed by atoms with Crippen molar-refractivity contribution in [2.75, 3.05) is 20.8 Å². The van der Waals surface area contributed by atoms with Crippen molar-refractivity contribution in [1.29, 1.82) is 0 Å². The molecule has 2 aromatic heterocycles. The predicted octanol–water partition coefficient (Wildman–Crippen LogP) is 6.47. The number of amides is 1. The fraction of sp³-hybridized carbons (Fsp3) is 0.333. The number of fused-ring (bicyclic) bond motifs is 1. The van der Waals surface area contributed by atoms with E-state index in [4.69, 9.17) is 9.47 Å². The van der Waals surface area contributed by atoms with E-state index in [1.165, 1.54) is 53.2 Å². The Balaban J connectivity index is 1.78. The zero-order chi connectivity index (χ0) is 31.0. The van der Waals surface area contributed by atoms with Gasteiger partial charge in [0.25, 0.3) is 5.91 Å². The normalized spacial score (nSPS) is 14.7. The van der Waals surface area contributed by atoms with Crippen molar-refractivity contribution in [2.45, 2.75) is 44.6 Å². The van der Waals surface area contributed by atoms with E-state index in [0.717, 1.165) is 18.2 Å². The fourth-order valence-corrected chi connectivity index (χ4v) is 4.67. The molecule has 1 amide bonds. The van der Waals surface area contributed by atoms with E-state index in [1.54, 1.807) is 12.1 Å². The maximum Gasteiger partial charge on any atom is 0.424 e. The number of aromatic amines is 1. The summed E-state index contributed by atoms with van der Waals surface area (Å²) in [6.45, 7) is 2.89. The fourth-order valence-electron chi connectivity index (χ4n) is 4.67. The molecule has 0 saturated carbocycles. The molecule has 2 aromatic carbocycles. The zero-order valence-electron chi connectivity index (χ0n) is 23.5. The van der Waals surface area contributed by atoms with E-state index in [2.05, 4.69) is 15.3 Å². The van der Waals surface area contributed by atoms with Crippen LogP contribution in [0.15, 0.2) is 48.5 Å². The first kappa shape index (κ1) is 30.8. The van der Waals surface area contributed by atoms with Crippen molar-refractivity contribution in [3.05, 3.63) is 76.9 Å². The van der Waals surface area contributed by atoms with Gasteiger partial charge in [-0.25, -0.2) is 13.8 Å². The summed E-state index contributed by atoms with van der Waals surface area (Å²) in [5, 5.41) is 13.7. The number of methoxy groups -OCH3 is 2. The zero-order valence-corrected chi connectivity index (χ0v) is 23.5. The topological polar surface area (TPSA) is 96.5 Å². The number of pyridine rings is 1. The molecule has 0 radical (unpaired) electrons. The number of ether oxygens (including phenoxy) is 2. The van der Waals surface area contributed by atoms with Crippen LogP contribution < -0.4 is 14.8 Å². The number of benzene rings is 2. The number of nitrogens with one attached hydrogen (secondary N) is 2. The van der Waals surface area contributed by atoms with Crippen LogP contribution in [-0.2, 0) is 11.3 Å². The maximum atomic E-state index is 15.6. The first-order valence-corrected chi connectivity index (χ1v) is 12.9. The molecule has 2 atom stereocenters. The lowest BCUT2D eigenvalue weighted by atomic mass is 9.86. The van der Waals surface area contributed by atoms with Gasteiger partial charge in [-0.3, -0.25) is 4.79 Å². The van der Waals surface area contributed by atoms with Crippen molar-refractivity contribution < 1.29 is 41.3 Å². The Morgan fingerprint density at radius 2 is 1.71 bits per heavy atom. The molecule has 12 heteroatoms. The lowest BCUT2D eigenvalue weighted by Crippen LogP contribution is -2.51. The Morgan fingerprint density at radius 3 is 2.29 bits per heavy atom. The number of H-pyrrole nitrogens is 1. The van der Waals surface area contributed by atoms with E-state index < -0.39 is 41.4 Å². The Kier molecular flexibility index (Phi) is 8.23. The van der Waals surface area contributed by atoms with Crippen molar-refractivity contribution in [3.63, 3.8) is 0 Å². The molecule has 0 aliphatic carbocycles.